The Balaban J connectivity index is 2.02. The van der Waals surface area contributed by atoms with Gasteiger partial charge in [0.2, 0.25) is 10.0 Å². The summed E-state index contributed by atoms with van der Waals surface area (Å²) >= 11 is 0. The topological polar surface area (TPSA) is 84.2 Å². The smallest absolute Gasteiger partial charge is 0.242 e. The van der Waals surface area contributed by atoms with E-state index in [0.29, 0.717) is 11.4 Å². The normalized spacial score (nSPS) is 16.8. The molecule has 5 nitrogen and oxygen atoms in total. The van der Waals surface area contributed by atoms with Gasteiger partial charge in [0, 0.05) is 12.2 Å². The summed E-state index contributed by atoms with van der Waals surface area (Å²) in [5.41, 5.74) is 6.77. The first-order valence-electron chi connectivity index (χ1n) is 7.60. The van der Waals surface area contributed by atoms with Gasteiger partial charge in [0.15, 0.2) is 0 Å². The third kappa shape index (κ3) is 4.35. The largest absolute Gasteiger partial charge is 0.399 e. The van der Waals surface area contributed by atoms with Gasteiger partial charge in [-0.25, -0.2) is 13.1 Å². The molecule has 0 amide bonds. The Hall–Kier alpha value is -1.27. The van der Waals surface area contributed by atoms with Crippen LogP contribution in [0.15, 0.2) is 23.1 Å². The molecule has 6 heteroatoms. The monoisotopic (exact) mass is 311 g/mol. The van der Waals surface area contributed by atoms with Gasteiger partial charge in [0.05, 0.1) is 5.69 Å². The lowest BCUT2D eigenvalue weighted by Crippen LogP contribution is -2.21. The Morgan fingerprint density at radius 3 is 2.62 bits per heavy atom. The second-order valence-electron chi connectivity index (χ2n) is 5.68. The number of benzene rings is 1. The Kier molecular flexibility index (Phi) is 5.47. The highest BCUT2D eigenvalue weighted by molar-refractivity contribution is 7.89. The number of nitrogen functional groups attached to an aromatic ring is 1. The zero-order valence-corrected chi connectivity index (χ0v) is 13.4. The van der Waals surface area contributed by atoms with Crippen molar-refractivity contribution in [3.63, 3.8) is 0 Å². The van der Waals surface area contributed by atoms with Gasteiger partial charge in [-0.1, -0.05) is 32.1 Å². The van der Waals surface area contributed by atoms with Crippen molar-refractivity contribution < 1.29 is 8.42 Å². The first-order valence-corrected chi connectivity index (χ1v) is 9.08. The molecule has 1 aliphatic rings. The number of nitrogens with one attached hydrogen (secondary N) is 2. The zero-order chi connectivity index (χ0) is 15.3. The minimum absolute atomic E-state index is 0.216. The Labute approximate surface area is 127 Å². The predicted molar refractivity (Wildman–Crippen MR) is 86.8 cm³/mol. The quantitative estimate of drug-likeness (QED) is 0.705. The van der Waals surface area contributed by atoms with Crippen LogP contribution in [0.3, 0.4) is 0 Å². The van der Waals surface area contributed by atoms with E-state index in [1.54, 1.807) is 12.1 Å². The van der Waals surface area contributed by atoms with E-state index in [1.165, 1.54) is 45.2 Å². The van der Waals surface area contributed by atoms with Gasteiger partial charge in [0.25, 0.3) is 0 Å². The molecular formula is C15H25N3O2S. The van der Waals surface area contributed by atoms with Crippen molar-refractivity contribution in [2.24, 2.45) is 5.92 Å². The molecule has 0 unspecified atom stereocenters. The van der Waals surface area contributed by atoms with Crippen LogP contribution in [0.25, 0.3) is 0 Å². The van der Waals surface area contributed by atoms with E-state index < -0.39 is 10.0 Å². The lowest BCUT2D eigenvalue weighted by molar-refractivity contribution is 0.345. The molecule has 0 aromatic heterocycles. The number of anilines is 2. The number of hydrogen-bond acceptors (Lipinski definition) is 4. The highest BCUT2D eigenvalue weighted by Crippen LogP contribution is 2.27. The standard InChI is InChI=1S/C15H25N3O2S/c1-17-21(19,20)15-11-13(16)7-8-14(15)18-10-9-12-5-3-2-4-6-12/h7-8,11-12,17-18H,2-6,9-10,16H2,1H3. The third-order valence-corrected chi connectivity index (χ3v) is 5.61. The van der Waals surface area contributed by atoms with Crippen LogP contribution in [0.4, 0.5) is 11.4 Å². The van der Waals surface area contributed by atoms with Crippen LogP contribution in [0.1, 0.15) is 38.5 Å². The van der Waals surface area contributed by atoms with Gasteiger partial charge < -0.3 is 11.1 Å². The summed E-state index contributed by atoms with van der Waals surface area (Å²) in [6, 6.07) is 4.95. The summed E-state index contributed by atoms with van der Waals surface area (Å²) in [5.74, 6) is 0.768. The molecule has 1 fully saturated rings. The molecule has 0 saturated heterocycles. The Morgan fingerprint density at radius 1 is 1.24 bits per heavy atom. The molecule has 21 heavy (non-hydrogen) atoms. The second-order valence-corrected chi connectivity index (χ2v) is 7.54. The number of rotatable bonds is 6. The minimum Gasteiger partial charge on any atom is -0.399 e. The molecule has 1 saturated carbocycles. The van der Waals surface area contributed by atoms with Crippen molar-refractivity contribution in [1.82, 2.24) is 4.72 Å². The van der Waals surface area contributed by atoms with E-state index in [0.717, 1.165) is 18.9 Å². The van der Waals surface area contributed by atoms with Crippen LogP contribution in [-0.2, 0) is 10.0 Å². The highest BCUT2D eigenvalue weighted by atomic mass is 32.2. The van der Waals surface area contributed by atoms with Gasteiger partial charge in [-0.15, -0.1) is 0 Å². The first kappa shape index (κ1) is 16.1. The van der Waals surface area contributed by atoms with Crippen LogP contribution in [-0.4, -0.2) is 22.0 Å². The van der Waals surface area contributed by atoms with Crippen LogP contribution in [0.2, 0.25) is 0 Å². The Bertz CT molecular complexity index is 566. The molecular weight excluding hydrogens is 286 g/mol. The maximum absolute atomic E-state index is 12.0. The number of sulfonamides is 1. The SMILES string of the molecule is CNS(=O)(=O)c1cc(N)ccc1NCCC1CCCCC1. The average molecular weight is 311 g/mol. The minimum atomic E-state index is -3.50. The van der Waals surface area contributed by atoms with Crippen molar-refractivity contribution in [3.05, 3.63) is 18.2 Å². The van der Waals surface area contributed by atoms with Gasteiger partial charge >= 0.3 is 0 Å². The number of nitrogens with two attached hydrogens (primary N) is 1. The lowest BCUT2D eigenvalue weighted by Gasteiger charge is -2.22. The van der Waals surface area contributed by atoms with E-state index in [4.69, 9.17) is 5.73 Å². The molecule has 0 heterocycles. The molecule has 0 spiro atoms. The zero-order valence-electron chi connectivity index (χ0n) is 12.6. The van der Waals surface area contributed by atoms with Crippen LogP contribution in [0.5, 0.6) is 0 Å². The molecule has 0 aliphatic heterocycles. The van der Waals surface area contributed by atoms with Gasteiger partial charge in [-0.3, -0.25) is 0 Å². The maximum atomic E-state index is 12.0. The van der Waals surface area contributed by atoms with Crippen molar-refractivity contribution >= 4 is 21.4 Å². The number of hydrogen-bond donors (Lipinski definition) is 3. The van der Waals surface area contributed by atoms with E-state index in [9.17, 15) is 8.42 Å². The van der Waals surface area contributed by atoms with Crippen molar-refractivity contribution in [2.75, 3.05) is 24.6 Å². The molecule has 4 N–H and O–H groups in total. The summed E-state index contributed by atoms with van der Waals surface area (Å²) in [6.07, 6.45) is 7.68. The van der Waals surface area contributed by atoms with Crippen molar-refractivity contribution in [2.45, 2.75) is 43.4 Å². The summed E-state index contributed by atoms with van der Waals surface area (Å²) < 4.78 is 26.4. The summed E-state index contributed by atoms with van der Waals surface area (Å²) in [6.45, 7) is 0.792. The van der Waals surface area contributed by atoms with E-state index in [2.05, 4.69) is 10.0 Å². The van der Waals surface area contributed by atoms with Crippen LogP contribution in [0, 0.1) is 5.92 Å². The van der Waals surface area contributed by atoms with Gasteiger partial charge in [0.1, 0.15) is 4.90 Å². The van der Waals surface area contributed by atoms with Crippen molar-refractivity contribution in [3.8, 4) is 0 Å². The van der Waals surface area contributed by atoms with E-state index in [1.807, 2.05) is 0 Å². The fourth-order valence-corrected chi connectivity index (χ4v) is 3.84. The highest BCUT2D eigenvalue weighted by Gasteiger charge is 2.18. The Morgan fingerprint density at radius 2 is 1.95 bits per heavy atom. The fourth-order valence-electron chi connectivity index (χ4n) is 2.90. The maximum Gasteiger partial charge on any atom is 0.242 e. The molecule has 2 rings (SSSR count). The van der Waals surface area contributed by atoms with E-state index >= 15 is 0 Å². The molecule has 118 valence electrons. The van der Waals surface area contributed by atoms with Crippen molar-refractivity contribution in [1.29, 1.82) is 0 Å². The molecule has 1 aromatic rings. The van der Waals surface area contributed by atoms with Crippen LogP contribution >= 0.6 is 0 Å². The predicted octanol–water partition coefficient (Wildman–Crippen LogP) is 2.56. The first-order chi connectivity index (χ1) is 10.0. The summed E-state index contributed by atoms with van der Waals surface area (Å²) in [5, 5.41) is 3.25. The molecule has 1 aromatic carbocycles. The summed E-state index contributed by atoms with van der Waals surface area (Å²) in [7, 11) is -2.09. The van der Waals surface area contributed by atoms with Gasteiger partial charge in [-0.2, -0.15) is 0 Å². The van der Waals surface area contributed by atoms with Gasteiger partial charge in [-0.05, 0) is 37.6 Å². The van der Waals surface area contributed by atoms with Crippen LogP contribution < -0.4 is 15.8 Å². The second kappa shape index (κ2) is 7.13. The third-order valence-electron chi connectivity index (χ3n) is 4.16. The summed E-state index contributed by atoms with van der Waals surface area (Å²) in [4.78, 5) is 0.216. The lowest BCUT2D eigenvalue weighted by atomic mass is 9.87. The fraction of sp³-hybridized carbons (Fsp3) is 0.600. The van der Waals surface area contributed by atoms with E-state index in [-0.39, 0.29) is 4.90 Å². The molecule has 0 bridgehead atoms. The molecule has 0 atom stereocenters. The molecule has 1 aliphatic carbocycles. The molecule has 0 radical (unpaired) electrons. The average Bonchev–Trinajstić information content (AvgIpc) is 2.49.